The number of halogens is 1. The van der Waals surface area contributed by atoms with Crippen molar-refractivity contribution in [3.05, 3.63) is 70.7 Å². The zero-order valence-electron chi connectivity index (χ0n) is 12.0. The average Bonchev–Trinajstić information content (AvgIpc) is 2.84. The Balaban J connectivity index is 2.00. The Morgan fingerprint density at radius 1 is 1.18 bits per heavy atom. The van der Waals surface area contributed by atoms with Crippen LogP contribution < -0.4 is 0 Å². The van der Waals surface area contributed by atoms with E-state index in [1.807, 2.05) is 18.2 Å². The molecule has 3 rings (SSSR count). The van der Waals surface area contributed by atoms with E-state index in [1.54, 1.807) is 43.3 Å². The van der Waals surface area contributed by atoms with Gasteiger partial charge in [0, 0.05) is 28.3 Å². The molecule has 0 aliphatic carbocycles. The fourth-order valence-electron chi connectivity index (χ4n) is 2.58. The molecule has 2 aromatic carbocycles. The van der Waals surface area contributed by atoms with Crippen LogP contribution >= 0.6 is 11.6 Å². The number of hydrazone groups is 1. The van der Waals surface area contributed by atoms with Gasteiger partial charge in [0.2, 0.25) is 0 Å². The van der Waals surface area contributed by atoms with Crippen molar-refractivity contribution in [1.82, 2.24) is 5.01 Å². The molecular formula is C17H15ClN2O2. The summed E-state index contributed by atoms with van der Waals surface area (Å²) in [4.78, 5) is 12.7. The van der Waals surface area contributed by atoms with Gasteiger partial charge in [-0.1, -0.05) is 41.9 Å². The van der Waals surface area contributed by atoms with E-state index < -0.39 is 5.72 Å². The van der Waals surface area contributed by atoms with Crippen LogP contribution in [0.5, 0.6) is 0 Å². The van der Waals surface area contributed by atoms with Crippen molar-refractivity contribution in [3.63, 3.8) is 0 Å². The lowest BCUT2D eigenvalue weighted by molar-refractivity contribution is -0.0765. The number of hydrogen-bond donors (Lipinski definition) is 1. The zero-order valence-corrected chi connectivity index (χ0v) is 12.8. The molecule has 0 radical (unpaired) electrons. The highest BCUT2D eigenvalue weighted by atomic mass is 35.5. The molecule has 0 fully saturated rings. The summed E-state index contributed by atoms with van der Waals surface area (Å²) in [7, 11) is 0. The van der Waals surface area contributed by atoms with Gasteiger partial charge in [0.1, 0.15) is 0 Å². The highest BCUT2D eigenvalue weighted by Gasteiger charge is 2.44. The van der Waals surface area contributed by atoms with Gasteiger partial charge in [-0.25, -0.2) is 0 Å². The highest BCUT2D eigenvalue weighted by molar-refractivity contribution is 6.30. The minimum Gasteiger partial charge on any atom is -0.365 e. The van der Waals surface area contributed by atoms with E-state index in [0.29, 0.717) is 21.9 Å². The molecule has 0 aromatic heterocycles. The number of carbonyl (C=O) groups excluding carboxylic acids is 1. The lowest BCUT2D eigenvalue weighted by atomic mass is 9.97. The summed E-state index contributed by atoms with van der Waals surface area (Å²) in [5.74, 6) is -0.361. The number of aliphatic hydroxyl groups is 1. The standard InChI is InChI=1S/C17H15ClN2O2/c1-12-11-17(22,14-5-3-2-4-6-14)20(19-12)16(21)13-7-9-15(18)10-8-13/h2-10,22H,11H2,1H3/t17-/m1/s1. The summed E-state index contributed by atoms with van der Waals surface area (Å²) < 4.78 is 0. The van der Waals surface area contributed by atoms with Crippen molar-refractivity contribution >= 4 is 23.2 Å². The predicted octanol–water partition coefficient (Wildman–Crippen LogP) is 3.41. The summed E-state index contributed by atoms with van der Waals surface area (Å²) >= 11 is 5.85. The Morgan fingerprint density at radius 3 is 2.45 bits per heavy atom. The Kier molecular flexibility index (Phi) is 3.72. The maximum absolute atomic E-state index is 12.7. The van der Waals surface area contributed by atoms with Gasteiger partial charge in [0.25, 0.3) is 5.91 Å². The topological polar surface area (TPSA) is 52.9 Å². The van der Waals surface area contributed by atoms with Gasteiger partial charge in [-0.15, -0.1) is 0 Å². The zero-order chi connectivity index (χ0) is 15.7. The summed E-state index contributed by atoms with van der Waals surface area (Å²) in [5, 5.41) is 17.0. The third kappa shape index (κ3) is 2.51. The summed E-state index contributed by atoms with van der Waals surface area (Å²) in [6, 6.07) is 15.6. The molecule has 4 nitrogen and oxygen atoms in total. The van der Waals surface area contributed by atoms with Gasteiger partial charge in [-0.05, 0) is 31.2 Å². The number of amides is 1. The highest BCUT2D eigenvalue weighted by Crippen LogP contribution is 2.36. The minimum atomic E-state index is -1.46. The van der Waals surface area contributed by atoms with E-state index in [4.69, 9.17) is 11.6 Å². The van der Waals surface area contributed by atoms with Crippen LogP contribution in [0.3, 0.4) is 0 Å². The van der Waals surface area contributed by atoms with Gasteiger partial charge in [0.15, 0.2) is 5.72 Å². The number of benzene rings is 2. The maximum atomic E-state index is 12.7. The molecule has 22 heavy (non-hydrogen) atoms. The van der Waals surface area contributed by atoms with Crippen LogP contribution in [0, 0.1) is 0 Å². The molecular weight excluding hydrogens is 300 g/mol. The quantitative estimate of drug-likeness (QED) is 0.923. The van der Waals surface area contributed by atoms with Crippen molar-refractivity contribution in [3.8, 4) is 0 Å². The van der Waals surface area contributed by atoms with Gasteiger partial charge in [-0.3, -0.25) is 4.79 Å². The molecule has 0 spiro atoms. The summed E-state index contributed by atoms with van der Waals surface area (Å²) in [5.41, 5.74) is 0.311. The second kappa shape index (κ2) is 5.55. The van der Waals surface area contributed by atoms with Crippen LogP contribution in [0.4, 0.5) is 0 Å². The van der Waals surface area contributed by atoms with E-state index in [1.165, 1.54) is 0 Å². The molecule has 1 aliphatic rings. The van der Waals surface area contributed by atoms with Crippen molar-refractivity contribution in [1.29, 1.82) is 0 Å². The fourth-order valence-corrected chi connectivity index (χ4v) is 2.70. The molecule has 1 amide bonds. The molecule has 112 valence electrons. The lowest BCUT2D eigenvalue weighted by Crippen LogP contribution is -2.43. The second-order valence-electron chi connectivity index (χ2n) is 5.32. The van der Waals surface area contributed by atoms with Crippen molar-refractivity contribution < 1.29 is 9.90 Å². The second-order valence-corrected chi connectivity index (χ2v) is 5.75. The molecule has 1 atom stereocenters. The van der Waals surface area contributed by atoms with Crippen LogP contribution in [-0.4, -0.2) is 21.7 Å². The lowest BCUT2D eigenvalue weighted by Gasteiger charge is -2.31. The molecule has 0 saturated heterocycles. The normalized spacial score (nSPS) is 20.9. The van der Waals surface area contributed by atoms with Gasteiger partial charge in [-0.2, -0.15) is 10.1 Å². The van der Waals surface area contributed by atoms with Gasteiger partial charge >= 0.3 is 0 Å². The van der Waals surface area contributed by atoms with E-state index in [0.717, 1.165) is 5.01 Å². The Bertz CT molecular complexity index is 728. The third-order valence-electron chi connectivity index (χ3n) is 3.64. The van der Waals surface area contributed by atoms with Gasteiger partial charge in [0.05, 0.1) is 0 Å². The largest absolute Gasteiger partial charge is 0.365 e. The minimum absolute atomic E-state index is 0.288. The number of nitrogens with zero attached hydrogens (tertiary/aromatic N) is 2. The van der Waals surface area contributed by atoms with Crippen LogP contribution in [0.25, 0.3) is 0 Å². The van der Waals surface area contributed by atoms with E-state index in [9.17, 15) is 9.90 Å². The van der Waals surface area contributed by atoms with Gasteiger partial charge < -0.3 is 5.11 Å². The predicted molar refractivity (Wildman–Crippen MR) is 85.7 cm³/mol. The SMILES string of the molecule is CC1=NN(C(=O)c2ccc(Cl)cc2)[C@](O)(c2ccccc2)C1. The molecule has 2 aromatic rings. The smallest absolute Gasteiger partial charge is 0.276 e. The molecule has 1 aliphatic heterocycles. The first-order valence-electron chi connectivity index (χ1n) is 6.93. The molecule has 1 heterocycles. The monoisotopic (exact) mass is 314 g/mol. The van der Waals surface area contributed by atoms with E-state index in [-0.39, 0.29) is 12.3 Å². The van der Waals surface area contributed by atoms with Crippen molar-refractivity contribution in [2.45, 2.75) is 19.1 Å². The molecule has 5 heteroatoms. The van der Waals surface area contributed by atoms with E-state index >= 15 is 0 Å². The first-order chi connectivity index (χ1) is 10.5. The summed E-state index contributed by atoms with van der Waals surface area (Å²) in [6.07, 6.45) is 0.288. The average molecular weight is 315 g/mol. The Hall–Kier alpha value is -2.17. The van der Waals surface area contributed by atoms with Crippen molar-refractivity contribution in [2.75, 3.05) is 0 Å². The molecule has 0 saturated carbocycles. The van der Waals surface area contributed by atoms with Crippen molar-refractivity contribution in [2.24, 2.45) is 5.10 Å². The Morgan fingerprint density at radius 2 is 1.82 bits per heavy atom. The van der Waals surface area contributed by atoms with Crippen LogP contribution in [-0.2, 0) is 5.72 Å². The third-order valence-corrected chi connectivity index (χ3v) is 3.90. The molecule has 0 unspecified atom stereocenters. The van der Waals surface area contributed by atoms with Crippen LogP contribution in [0.1, 0.15) is 29.3 Å². The first-order valence-corrected chi connectivity index (χ1v) is 7.30. The first kappa shape index (κ1) is 14.8. The van der Waals surface area contributed by atoms with Crippen LogP contribution in [0.2, 0.25) is 5.02 Å². The number of carbonyl (C=O) groups is 1. The molecule has 1 N–H and O–H groups in total. The van der Waals surface area contributed by atoms with Crippen LogP contribution in [0.15, 0.2) is 59.7 Å². The number of rotatable bonds is 2. The Labute approximate surface area is 133 Å². The maximum Gasteiger partial charge on any atom is 0.276 e. The number of hydrogen-bond acceptors (Lipinski definition) is 3. The molecule has 0 bridgehead atoms. The summed E-state index contributed by atoms with van der Waals surface area (Å²) in [6.45, 7) is 1.79. The van der Waals surface area contributed by atoms with E-state index in [2.05, 4.69) is 5.10 Å². The fraction of sp³-hybridized carbons (Fsp3) is 0.176.